The molecule has 1 aromatic carbocycles. The summed E-state index contributed by atoms with van der Waals surface area (Å²) in [6.07, 6.45) is 4.54. The van der Waals surface area contributed by atoms with Crippen LogP contribution in [0.25, 0.3) is 0 Å². The molecule has 3 unspecified atom stereocenters. The van der Waals surface area contributed by atoms with Gasteiger partial charge in [0.05, 0.1) is 4.90 Å². The fourth-order valence-electron chi connectivity index (χ4n) is 4.47. The van der Waals surface area contributed by atoms with Gasteiger partial charge in [-0.1, -0.05) is 6.42 Å². The molecule has 0 aliphatic heterocycles. The van der Waals surface area contributed by atoms with E-state index >= 15 is 0 Å². The van der Waals surface area contributed by atoms with E-state index in [-0.39, 0.29) is 22.7 Å². The van der Waals surface area contributed by atoms with Gasteiger partial charge in [-0.25, -0.2) is 23.1 Å². The smallest absolute Gasteiger partial charge is 0.264 e. The second kappa shape index (κ2) is 7.16. The number of amides is 1. The van der Waals surface area contributed by atoms with Crippen molar-refractivity contribution in [3.05, 3.63) is 41.7 Å². The molecule has 2 bridgehead atoms. The first kappa shape index (κ1) is 18.9. The van der Waals surface area contributed by atoms with Crippen LogP contribution in [0.4, 0.5) is 11.6 Å². The summed E-state index contributed by atoms with van der Waals surface area (Å²) in [4.78, 5) is 20.8. The van der Waals surface area contributed by atoms with E-state index < -0.39 is 10.0 Å². The van der Waals surface area contributed by atoms with E-state index in [4.69, 9.17) is 0 Å². The zero-order valence-corrected chi connectivity index (χ0v) is 16.8. The van der Waals surface area contributed by atoms with Gasteiger partial charge in [0, 0.05) is 23.0 Å². The van der Waals surface area contributed by atoms with Crippen LogP contribution in [0.2, 0.25) is 0 Å². The molecule has 1 aromatic heterocycles. The first-order chi connectivity index (χ1) is 13.3. The molecule has 148 valence electrons. The fraction of sp³-hybridized carbons (Fsp3) is 0.450. The number of nitrogens with zero attached hydrogens (tertiary/aromatic N) is 2. The van der Waals surface area contributed by atoms with E-state index in [1.165, 1.54) is 25.0 Å². The van der Waals surface area contributed by atoms with Crippen molar-refractivity contribution < 1.29 is 13.2 Å². The highest BCUT2D eigenvalue weighted by molar-refractivity contribution is 7.92. The van der Waals surface area contributed by atoms with E-state index in [0.29, 0.717) is 28.9 Å². The third-order valence-corrected chi connectivity index (χ3v) is 7.06. The molecule has 3 atom stereocenters. The number of aryl methyl sites for hydroxylation is 2. The second-order valence-electron chi connectivity index (χ2n) is 7.87. The van der Waals surface area contributed by atoms with Gasteiger partial charge >= 0.3 is 0 Å². The van der Waals surface area contributed by atoms with Crippen molar-refractivity contribution in [1.29, 1.82) is 0 Å². The number of hydrogen-bond acceptors (Lipinski definition) is 5. The monoisotopic (exact) mass is 400 g/mol. The Balaban J connectivity index is 1.44. The minimum atomic E-state index is -3.80. The Kier molecular flexibility index (Phi) is 4.82. The van der Waals surface area contributed by atoms with Crippen LogP contribution >= 0.6 is 0 Å². The van der Waals surface area contributed by atoms with Crippen LogP contribution in [0.1, 0.15) is 37.1 Å². The molecule has 2 saturated carbocycles. The van der Waals surface area contributed by atoms with Gasteiger partial charge < -0.3 is 5.32 Å². The quantitative estimate of drug-likeness (QED) is 0.802. The van der Waals surface area contributed by atoms with Crippen LogP contribution in [0, 0.1) is 31.6 Å². The van der Waals surface area contributed by atoms with Crippen molar-refractivity contribution in [3.63, 3.8) is 0 Å². The maximum absolute atomic E-state index is 12.6. The molecule has 2 aliphatic rings. The molecule has 4 rings (SSSR count). The van der Waals surface area contributed by atoms with Crippen molar-refractivity contribution in [3.8, 4) is 0 Å². The van der Waals surface area contributed by atoms with Crippen LogP contribution in [0.3, 0.4) is 0 Å². The summed E-state index contributed by atoms with van der Waals surface area (Å²) < 4.78 is 27.6. The normalized spacial score (nSPS) is 23.6. The van der Waals surface area contributed by atoms with Crippen LogP contribution in [0.5, 0.6) is 0 Å². The molecule has 0 radical (unpaired) electrons. The van der Waals surface area contributed by atoms with Gasteiger partial charge in [-0.15, -0.1) is 0 Å². The Hall–Kier alpha value is -2.48. The maximum atomic E-state index is 12.6. The Bertz CT molecular complexity index is 984. The lowest BCUT2D eigenvalue weighted by Gasteiger charge is -2.20. The van der Waals surface area contributed by atoms with Gasteiger partial charge in [-0.2, -0.15) is 0 Å². The van der Waals surface area contributed by atoms with Crippen LogP contribution in [0.15, 0.2) is 35.2 Å². The van der Waals surface area contributed by atoms with E-state index in [9.17, 15) is 13.2 Å². The topological polar surface area (TPSA) is 101 Å². The Morgan fingerprint density at radius 3 is 2.29 bits per heavy atom. The third kappa shape index (κ3) is 3.87. The van der Waals surface area contributed by atoms with E-state index in [0.717, 1.165) is 12.8 Å². The molecule has 28 heavy (non-hydrogen) atoms. The second-order valence-corrected chi connectivity index (χ2v) is 9.56. The summed E-state index contributed by atoms with van der Waals surface area (Å²) >= 11 is 0. The number of aromatic nitrogens is 2. The van der Waals surface area contributed by atoms with Crippen molar-refractivity contribution >= 4 is 27.6 Å². The van der Waals surface area contributed by atoms with Crippen molar-refractivity contribution in [2.45, 2.75) is 44.4 Å². The number of rotatable bonds is 5. The van der Waals surface area contributed by atoms with Crippen LogP contribution in [-0.2, 0) is 14.8 Å². The molecule has 2 N–H and O–H groups in total. The van der Waals surface area contributed by atoms with Crippen LogP contribution < -0.4 is 10.0 Å². The van der Waals surface area contributed by atoms with Gasteiger partial charge in [0.1, 0.15) is 0 Å². The zero-order valence-electron chi connectivity index (χ0n) is 16.0. The predicted octanol–water partition coefficient (Wildman–Crippen LogP) is 3.27. The summed E-state index contributed by atoms with van der Waals surface area (Å²) in [6.45, 7) is 3.56. The Morgan fingerprint density at radius 2 is 1.71 bits per heavy atom. The molecule has 7 nitrogen and oxygen atoms in total. The van der Waals surface area contributed by atoms with Gasteiger partial charge in [-0.05, 0) is 75.3 Å². The molecule has 8 heteroatoms. The lowest BCUT2D eigenvalue weighted by Crippen LogP contribution is -2.27. The van der Waals surface area contributed by atoms with Gasteiger partial charge in [-0.3, -0.25) is 4.79 Å². The summed E-state index contributed by atoms with van der Waals surface area (Å²) in [5.41, 5.74) is 1.97. The highest BCUT2D eigenvalue weighted by atomic mass is 32.2. The van der Waals surface area contributed by atoms with E-state index in [1.807, 2.05) is 0 Å². The number of carbonyl (C=O) groups excluding carboxylic acids is 1. The summed E-state index contributed by atoms with van der Waals surface area (Å²) in [5.74, 6) is 1.39. The van der Waals surface area contributed by atoms with Crippen LogP contribution in [-0.4, -0.2) is 24.3 Å². The molecule has 2 aromatic rings. The molecular formula is C20H24N4O3S. The highest BCUT2D eigenvalue weighted by Gasteiger charge is 2.43. The molecule has 1 amide bonds. The predicted molar refractivity (Wildman–Crippen MR) is 106 cm³/mol. The summed E-state index contributed by atoms with van der Waals surface area (Å²) in [6, 6.07) is 7.94. The van der Waals surface area contributed by atoms with E-state index in [2.05, 4.69) is 20.0 Å². The third-order valence-electron chi connectivity index (χ3n) is 5.71. The lowest BCUT2D eigenvalue weighted by molar-refractivity contribution is -0.121. The maximum Gasteiger partial charge on any atom is 0.264 e. The standard InChI is InChI=1S/C20H24N4O3S/c1-12-9-13(2)22-20(21-12)24-28(26,27)17-7-5-16(6-8-17)23-19(25)18-11-14-3-4-15(18)10-14/h5-9,14-15,18H,3-4,10-11H2,1-2H3,(H,23,25)(H,21,22,24). The van der Waals surface area contributed by atoms with Gasteiger partial charge in [0.25, 0.3) is 10.0 Å². The minimum Gasteiger partial charge on any atom is -0.326 e. The number of anilines is 2. The molecule has 1 heterocycles. The zero-order chi connectivity index (χ0) is 19.9. The molecule has 2 aliphatic carbocycles. The molecular weight excluding hydrogens is 376 g/mol. The number of nitrogens with one attached hydrogen (secondary N) is 2. The average molecular weight is 401 g/mol. The molecule has 0 spiro atoms. The first-order valence-corrected chi connectivity index (χ1v) is 11.0. The Labute approximate surface area is 165 Å². The highest BCUT2D eigenvalue weighted by Crippen LogP contribution is 2.48. The Morgan fingerprint density at radius 1 is 1.04 bits per heavy atom. The van der Waals surface area contributed by atoms with Crippen molar-refractivity contribution in [2.24, 2.45) is 17.8 Å². The summed E-state index contributed by atoms with van der Waals surface area (Å²) in [5, 5.41) is 2.93. The van der Waals surface area contributed by atoms with Crippen molar-refractivity contribution in [1.82, 2.24) is 9.97 Å². The summed E-state index contributed by atoms with van der Waals surface area (Å²) in [7, 11) is -3.80. The van der Waals surface area contributed by atoms with Crippen molar-refractivity contribution in [2.75, 3.05) is 10.0 Å². The number of sulfonamides is 1. The van der Waals surface area contributed by atoms with Gasteiger partial charge in [0.2, 0.25) is 11.9 Å². The SMILES string of the molecule is Cc1cc(C)nc(NS(=O)(=O)c2ccc(NC(=O)C3CC4CCC3C4)cc2)n1. The average Bonchev–Trinajstić information content (AvgIpc) is 3.24. The van der Waals surface area contributed by atoms with Gasteiger partial charge in [0.15, 0.2) is 0 Å². The number of carbonyl (C=O) groups is 1. The number of benzene rings is 1. The number of hydrogen-bond donors (Lipinski definition) is 2. The lowest BCUT2D eigenvalue weighted by atomic mass is 9.88. The number of fused-ring (bicyclic) bond motifs is 2. The first-order valence-electron chi connectivity index (χ1n) is 9.56. The molecule has 2 fully saturated rings. The minimum absolute atomic E-state index is 0.0459. The largest absolute Gasteiger partial charge is 0.326 e. The van der Waals surface area contributed by atoms with E-state index in [1.54, 1.807) is 32.0 Å². The molecule has 0 saturated heterocycles. The fourth-order valence-corrected chi connectivity index (χ4v) is 5.41.